The molecule has 19 heavy (non-hydrogen) atoms. The van der Waals surface area contributed by atoms with Crippen molar-refractivity contribution < 1.29 is 0 Å². The Morgan fingerprint density at radius 1 is 1.16 bits per heavy atom. The van der Waals surface area contributed by atoms with E-state index < -0.39 is 0 Å². The van der Waals surface area contributed by atoms with Gasteiger partial charge in [0.05, 0.1) is 0 Å². The Morgan fingerprint density at radius 2 is 1.95 bits per heavy atom. The van der Waals surface area contributed by atoms with Gasteiger partial charge in [0.1, 0.15) is 0 Å². The minimum Gasteiger partial charge on any atom is -0.384 e. The topological polar surface area (TPSA) is 12.0 Å². The normalized spacial score (nSPS) is 17.2. The Morgan fingerprint density at radius 3 is 2.68 bits per heavy atom. The molecule has 0 fully saturated rings. The molecule has 3 rings (SSSR count). The van der Waals surface area contributed by atoms with Gasteiger partial charge in [-0.05, 0) is 48.6 Å². The molecule has 0 saturated carbocycles. The maximum Gasteiger partial charge on any atom is 0.0341 e. The van der Waals surface area contributed by atoms with E-state index in [9.17, 15) is 0 Å². The lowest BCUT2D eigenvalue weighted by Crippen LogP contribution is -2.15. The lowest BCUT2D eigenvalue weighted by Gasteiger charge is -2.11. The zero-order chi connectivity index (χ0) is 13.1. The van der Waals surface area contributed by atoms with Gasteiger partial charge < -0.3 is 5.32 Å². The zero-order valence-corrected chi connectivity index (χ0v) is 12.6. The highest BCUT2D eigenvalue weighted by Gasteiger charge is 2.21. The second-order valence-electron chi connectivity index (χ2n) is 4.66. The van der Waals surface area contributed by atoms with E-state index in [0.29, 0.717) is 5.25 Å². The Balaban J connectivity index is 1.56. The number of fused-ring (bicyclic) bond motifs is 1. The van der Waals surface area contributed by atoms with Crippen LogP contribution in [0.3, 0.4) is 0 Å². The highest BCUT2D eigenvalue weighted by Crippen LogP contribution is 2.36. The lowest BCUT2D eigenvalue weighted by atomic mass is 10.1. The summed E-state index contributed by atoms with van der Waals surface area (Å²) in [5.41, 5.74) is 2.71. The van der Waals surface area contributed by atoms with Gasteiger partial charge >= 0.3 is 0 Å². The number of hydrogen-bond acceptors (Lipinski definition) is 3. The first-order chi connectivity index (χ1) is 9.35. The monoisotopic (exact) mass is 287 g/mol. The summed E-state index contributed by atoms with van der Waals surface area (Å²) in [6, 6.07) is 17.4. The maximum absolute atomic E-state index is 3.54. The molecule has 98 valence electrons. The van der Waals surface area contributed by atoms with Crippen molar-refractivity contribution in [1.29, 1.82) is 0 Å². The molecule has 1 atom stereocenters. The molecule has 0 aromatic heterocycles. The molecular formula is C16H17NS2. The van der Waals surface area contributed by atoms with Gasteiger partial charge in [0.15, 0.2) is 0 Å². The molecule has 0 aliphatic carbocycles. The molecule has 1 N–H and O–H groups in total. The maximum atomic E-state index is 3.54. The highest BCUT2D eigenvalue weighted by molar-refractivity contribution is 8.00. The van der Waals surface area contributed by atoms with Crippen molar-refractivity contribution in [3.05, 3.63) is 54.1 Å². The minimum absolute atomic E-state index is 0.651. The van der Waals surface area contributed by atoms with Gasteiger partial charge in [-0.25, -0.2) is 0 Å². The largest absolute Gasteiger partial charge is 0.384 e. The van der Waals surface area contributed by atoms with E-state index in [1.807, 2.05) is 11.8 Å². The summed E-state index contributed by atoms with van der Waals surface area (Å²) in [4.78, 5) is 2.76. The number of anilines is 1. The van der Waals surface area contributed by atoms with Crippen molar-refractivity contribution in [1.82, 2.24) is 0 Å². The number of hydrogen-bond donors (Lipinski definition) is 1. The first-order valence-electron chi connectivity index (χ1n) is 6.47. The molecule has 0 saturated heterocycles. The van der Waals surface area contributed by atoms with E-state index in [2.05, 4.69) is 60.1 Å². The van der Waals surface area contributed by atoms with Crippen LogP contribution >= 0.6 is 23.5 Å². The molecule has 0 radical (unpaired) electrons. The average Bonchev–Trinajstić information content (AvgIpc) is 2.88. The summed E-state index contributed by atoms with van der Waals surface area (Å²) in [7, 11) is 0. The second kappa shape index (κ2) is 5.93. The molecule has 2 aromatic carbocycles. The van der Waals surface area contributed by atoms with E-state index in [1.54, 1.807) is 11.8 Å². The summed E-state index contributed by atoms with van der Waals surface area (Å²) in [5, 5.41) is 4.19. The number of benzene rings is 2. The molecule has 3 heteroatoms. The average molecular weight is 287 g/mol. The quantitative estimate of drug-likeness (QED) is 0.829. The number of thioether (sulfide) groups is 2. The molecule has 0 bridgehead atoms. The Labute approximate surface area is 123 Å². The Bertz CT molecular complexity index is 526. The van der Waals surface area contributed by atoms with E-state index in [4.69, 9.17) is 0 Å². The van der Waals surface area contributed by atoms with Crippen molar-refractivity contribution in [2.45, 2.75) is 21.5 Å². The first kappa shape index (κ1) is 12.9. The van der Waals surface area contributed by atoms with Crippen LogP contribution in [-0.4, -0.2) is 18.1 Å². The summed E-state index contributed by atoms with van der Waals surface area (Å²) in [6.45, 7) is 1.03. The lowest BCUT2D eigenvalue weighted by molar-refractivity contribution is 0.899. The van der Waals surface area contributed by atoms with Gasteiger partial charge in [-0.3, -0.25) is 0 Å². The SMILES string of the molecule is CSc1ccc(NCC2Cc3ccccc3S2)cc1. The molecule has 1 aliphatic rings. The van der Waals surface area contributed by atoms with Crippen LogP contribution in [0.1, 0.15) is 5.56 Å². The summed E-state index contributed by atoms with van der Waals surface area (Å²) < 4.78 is 0. The van der Waals surface area contributed by atoms with E-state index in [1.165, 1.54) is 27.5 Å². The third kappa shape index (κ3) is 3.10. The van der Waals surface area contributed by atoms with E-state index in [0.717, 1.165) is 6.54 Å². The summed E-state index contributed by atoms with van der Waals surface area (Å²) >= 11 is 3.78. The zero-order valence-electron chi connectivity index (χ0n) is 10.9. The Hall–Kier alpha value is -1.06. The highest BCUT2D eigenvalue weighted by atomic mass is 32.2. The van der Waals surface area contributed by atoms with Gasteiger partial charge in [-0.2, -0.15) is 0 Å². The van der Waals surface area contributed by atoms with Crippen LogP contribution in [0.5, 0.6) is 0 Å². The number of rotatable bonds is 4. The van der Waals surface area contributed by atoms with Gasteiger partial charge in [0.2, 0.25) is 0 Å². The fraction of sp³-hybridized carbons (Fsp3) is 0.250. The van der Waals surface area contributed by atoms with E-state index >= 15 is 0 Å². The molecular weight excluding hydrogens is 270 g/mol. The van der Waals surface area contributed by atoms with Crippen molar-refractivity contribution in [2.75, 3.05) is 18.1 Å². The fourth-order valence-electron chi connectivity index (χ4n) is 2.31. The fourth-order valence-corrected chi connectivity index (χ4v) is 3.97. The number of nitrogens with one attached hydrogen (secondary N) is 1. The molecule has 1 nitrogen and oxygen atoms in total. The van der Waals surface area contributed by atoms with Crippen molar-refractivity contribution in [2.24, 2.45) is 0 Å². The predicted molar refractivity (Wildman–Crippen MR) is 86.5 cm³/mol. The Kier molecular flexibility index (Phi) is 4.04. The van der Waals surface area contributed by atoms with Crippen molar-refractivity contribution in [3.63, 3.8) is 0 Å². The predicted octanol–water partition coefficient (Wildman–Crippen LogP) is 4.54. The first-order valence-corrected chi connectivity index (χ1v) is 8.58. The molecule has 0 amide bonds. The van der Waals surface area contributed by atoms with E-state index in [-0.39, 0.29) is 0 Å². The standard InChI is InChI=1S/C16H17NS2/c1-18-14-8-6-13(7-9-14)17-11-15-10-12-4-2-3-5-16(12)19-15/h2-9,15,17H,10-11H2,1H3. The van der Waals surface area contributed by atoms with Gasteiger partial charge in [-0.1, -0.05) is 18.2 Å². The third-order valence-corrected chi connectivity index (χ3v) is 5.40. The van der Waals surface area contributed by atoms with Crippen LogP contribution in [0.15, 0.2) is 58.3 Å². The molecule has 1 unspecified atom stereocenters. The third-order valence-electron chi connectivity index (χ3n) is 3.34. The summed E-state index contributed by atoms with van der Waals surface area (Å²) in [5.74, 6) is 0. The van der Waals surface area contributed by atoms with Gasteiger partial charge in [-0.15, -0.1) is 23.5 Å². The van der Waals surface area contributed by atoms with Crippen LogP contribution in [0, 0.1) is 0 Å². The molecule has 0 spiro atoms. The van der Waals surface area contributed by atoms with Crippen LogP contribution in [0.2, 0.25) is 0 Å². The molecule has 2 aromatic rings. The van der Waals surface area contributed by atoms with Crippen LogP contribution in [0.25, 0.3) is 0 Å². The smallest absolute Gasteiger partial charge is 0.0341 e. The molecule has 1 aliphatic heterocycles. The van der Waals surface area contributed by atoms with Crippen LogP contribution < -0.4 is 5.32 Å². The minimum atomic E-state index is 0.651. The molecule has 1 heterocycles. The van der Waals surface area contributed by atoms with Crippen molar-refractivity contribution in [3.8, 4) is 0 Å². The van der Waals surface area contributed by atoms with Crippen molar-refractivity contribution >= 4 is 29.2 Å². The second-order valence-corrected chi connectivity index (χ2v) is 6.88. The summed E-state index contributed by atoms with van der Waals surface area (Å²) in [6.07, 6.45) is 3.28. The van der Waals surface area contributed by atoms with Gasteiger partial charge in [0, 0.05) is 27.3 Å². The van der Waals surface area contributed by atoms with Gasteiger partial charge in [0.25, 0.3) is 0 Å². The van der Waals surface area contributed by atoms with Crippen LogP contribution in [0.4, 0.5) is 5.69 Å². The van der Waals surface area contributed by atoms with Crippen LogP contribution in [-0.2, 0) is 6.42 Å².